The molecule has 0 radical (unpaired) electrons. The summed E-state index contributed by atoms with van der Waals surface area (Å²) in [7, 11) is 0. The number of nitrogens with two attached hydrogens (primary N) is 2. The number of allylic oxidation sites excluding steroid dienone is 3. The molecule has 0 atom stereocenters. The van der Waals surface area contributed by atoms with Crippen molar-refractivity contribution in [2.24, 2.45) is 11.6 Å². The van der Waals surface area contributed by atoms with Crippen LogP contribution in [-0.2, 0) is 4.79 Å². The van der Waals surface area contributed by atoms with E-state index in [1.165, 1.54) is 11.1 Å². The van der Waals surface area contributed by atoms with Crippen molar-refractivity contribution < 1.29 is 9.90 Å². The van der Waals surface area contributed by atoms with Crippen LogP contribution in [0.25, 0.3) is 0 Å². The molecule has 0 spiro atoms. The molecule has 1 rings (SSSR count). The molecular formula is C10H15N3O2. The third kappa shape index (κ3) is 2.68. The van der Waals surface area contributed by atoms with Crippen LogP contribution in [0.3, 0.4) is 0 Å². The number of hydrogen-bond donors (Lipinski definition) is 3. The van der Waals surface area contributed by atoms with Crippen LogP contribution in [0.1, 0.15) is 6.42 Å². The fourth-order valence-electron chi connectivity index (χ4n) is 1.25. The summed E-state index contributed by atoms with van der Waals surface area (Å²) < 4.78 is 0. The molecule has 5 heteroatoms. The number of Topliss-reactive ketones (excluding diaryl/α,β-unsaturated/α-hetero) is 1. The van der Waals surface area contributed by atoms with Gasteiger partial charge < -0.3 is 15.8 Å². The molecule has 0 aromatic heterocycles. The Kier molecular flexibility index (Phi) is 3.65. The molecule has 0 amide bonds. The molecule has 0 aliphatic heterocycles. The Morgan fingerprint density at radius 1 is 1.47 bits per heavy atom. The highest BCUT2D eigenvalue weighted by atomic mass is 16.3. The lowest BCUT2D eigenvalue weighted by atomic mass is 10.1. The fourth-order valence-corrected chi connectivity index (χ4v) is 1.25. The maximum atomic E-state index is 11.5. The Morgan fingerprint density at radius 3 is 2.73 bits per heavy atom. The molecule has 0 bridgehead atoms. The molecular weight excluding hydrogens is 194 g/mol. The first kappa shape index (κ1) is 11.5. The van der Waals surface area contributed by atoms with Crippen LogP contribution in [0.5, 0.6) is 0 Å². The molecule has 0 heterocycles. The maximum absolute atomic E-state index is 11.5. The number of hydrazine groups is 1. The van der Waals surface area contributed by atoms with Crippen molar-refractivity contribution in [1.29, 1.82) is 0 Å². The predicted octanol–water partition coefficient (Wildman–Crippen LogP) is -0.0244. The SMILES string of the molecule is C=C1C=C(O)C(=O)C(N(N)CCCN)=C1. The Labute approximate surface area is 88.3 Å². The Bertz CT molecular complexity index is 345. The first-order valence-electron chi connectivity index (χ1n) is 4.64. The first-order chi connectivity index (χ1) is 7.06. The molecule has 0 unspecified atom stereocenters. The summed E-state index contributed by atoms with van der Waals surface area (Å²) in [4.78, 5) is 11.5. The zero-order valence-electron chi connectivity index (χ0n) is 8.44. The molecule has 5 N–H and O–H groups in total. The van der Waals surface area contributed by atoms with E-state index >= 15 is 0 Å². The summed E-state index contributed by atoms with van der Waals surface area (Å²) in [5, 5.41) is 10.6. The molecule has 1 aliphatic carbocycles. The van der Waals surface area contributed by atoms with E-state index in [1.54, 1.807) is 6.08 Å². The van der Waals surface area contributed by atoms with Crippen LogP contribution < -0.4 is 11.6 Å². The number of aliphatic hydroxyl groups is 1. The molecule has 0 aromatic carbocycles. The molecule has 0 saturated heterocycles. The van der Waals surface area contributed by atoms with Crippen molar-refractivity contribution in [3.8, 4) is 0 Å². The van der Waals surface area contributed by atoms with E-state index in [1.807, 2.05) is 0 Å². The molecule has 0 aromatic rings. The molecule has 0 fully saturated rings. The van der Waals surface area contributed by atoms with Gasteiger partial charge in [0.05, 0.1) is 0 Å². The van der Waals surface area contributed by atoms with E-state index in [2.05, 4.69) is 6.58 Å². The van der Waals surface area contributed by atoms with Crippen molar-refractivity contribution in [2.75, 3.05) is 13.1 Å². The largest absolute Gasteiger partial charge is 0.504 e. The van der Waals surface area contributed by atoms with E-state index < -0.39 is 5.78 Å². The van der Waals surface area contributed by atoms with Gasteiger partial charge in [-0.3, -0.25) is 4.79 Å². The molecule has 15 heavy (non-hydrogen) atoms. The van der Waals surface area contributed by atoms with Gasteiger partial charge in [-0.1, -0.05) is 6.58 Å². The van der Waals surface area contributed by atoms with Gasteiger partial charge in [0, 0.05) is 6.54 Å². The van der Waals surface area contributed by atoms with Crippen LogP contribution in [0.15, 0.2) is 35.8 Å². The number of nitrogens with zero attached hydrogens (tertiary/aromatic N) is 1. The van der Waals surface area contributed by atoms with Gasteiger partial charge in [0.2, 0.25) is 5.78 Å². The van der Waals surface area contributed by atoms with Crippen molar-refractivity contribution in [3.63, 3.8) is 0 Å². The van der Waals surface area contributed by atoms with Crippen molar-refractivity contribution in [2.45, 2.75) is 6.42 Å². The predicted molar refractivity (Wildman–Crippen MR) is 57.5 cm³/mol. The van der Waals surface area contributed by atoms with Crippen LogP contribution in [0.2, 0.25) is 0 Å². The zero-order valence-corrected chi connectivity index (χ0v) is 8.44. The lowest BCUT2D eigenvalue weighted by molar-refractivity contribution is -0.116. The first-order valence-corrected chi connectivity index (χ1v) is 4.64. The van der Waals surface area contributed by atoms with Gasteiger partial charge in [-0.25, -0.2) is 5.84 Å². The number of carbonyl (C=O) groups excluding carboxylic acids is 1. The van der Waals surface area contributed by atoms with E-state index in [0.29, 0.717) is 25.1 Å². The highest BCUT2D eigenvalue weighted by Crippen LogP contribution is 2.17. The minimum atomic E-state index is -0.484. The number of hydrogen-bond acceptors (Lipinski definition) is 5. The number of aliphatic hydroxyl groups excluding tert-OH is 1. The maximum Gasteiger partial charge on any atom is 0.244 e. The van der Waals surface area contributed by atoms with Gasteiger partial charge in [0.25, 0.3) is 0 Å². The van der Waals surface area contributed by atoms with Crippen LogP contribution in [0.4, 0.5) is 0 Å². The van der Waals surface area contributed by atoms with Gasteiger partial charge in [-0.05, 0) is 30.7 Å². The number of carbonyl (C=O) groups is 1. The number of rotatable bonds is 4. The second-order valence-electron chi connectivity index (χ2n) is 3.30. The molecule has 1 aliphatic rings. The summed E-state index contributed by atoms with van der Waals surface area (Å²) in [6.07, 6.45) is 3.53. The zero-order chi connectivity index (χ0) is 11.4. The standard InChI is InChI=1S/C10H15N3O2/c1-7-5-8(10(15)9(14)6-7)13(12)4-2-3-11/h5-6,14H,1-4,11-12H2. The van der Waals surface area contributed by atoms with E-state index in [-0.39, 0.29) is 11.5 Å². The topological polar surface area (TPSA) is 92.6 Å². The second-order valence-corrected chi connectivity index (χ2v) is 3.30. The molecule has 5 nitrogen and oxygen atoms in total. The van der Waals surface area contributed by atoms with Crippen LogP contribution in [-0.4, -0.2) is 29.0 Å². The van der Waals surface area contributed by atoms with Gasteiger partial charge in [0.15, 0.2) is 5.76 Å². The van der Waals surface area contributed by atoms with Gasteiger partial charge >= 0.3 is 0 Å². The summed E-state index contributed by atoms with van der Waals surface area (Å²) in [5.74, 6) is 4.84. The normalized spacial score (nSPS) is 16.1. The van der Waals surface area contributed by atoms with Crippen molar-refractivity contribution in [1.82, 2.24) is 5.01 Å². The van der Waals surface area contributed by atoms with Crippen LogP contribution >= 0.6 is 0 Å². The van der Waals surface area contributed by atoms with Crippen molar-refractivity contribution in [3.05, 3.63) is 35.8 Å². The van der Waals surface area contributed by atoms with E-state index in [0.717, 1.165) is 0 Å². The number of ketones is 1. The van der Waals surface area contributed by atoms with E-state index in [4.69, 9.17) is 11.6 Å². The quantitative estimate of drug-likeness (QED) is 0.447. The average Bonchev–Trinajstić information content (AvgIpc) is 2.19. The van der Waals surface area contributed by atoms with Gasteiger partial charge in [-0.2, -0.15) is 0 Å². The summed E-state index contributed by atoms with van der Waals surface area (Å²) in [5.41, 5.74) is 6.12. The monoisotopic (exact) mass is 209 g/mol. The Morgan fingerprint density at radius 2 is 2.13 bits per heavy atom. The minimum absolute atomic E-state index is 0.244. The van der Waals surface area contributed by atoms with Gasteiger partial charge in [-0.15, -0.1) is 0 Å². The molecule has 82 valence electrons. The summed E-state index contributed by atoms with van der Waals surface area (Å²) >= 11 is 0. The summed E-state index contributed by atoms with van der Waals surface area (Å²) in [6.45, 7) is 4.60. The van der Waals surface area contributed by atoms with Crippen molar-refractivity contribution >= 4 is 5.78 Å². The summed E-state index contributed by atoms with van der Waals surface area (Å²) in [6, 6.07) is 0. The highest BCUT2D eigenvalue weighted by molar-refractivity contribution is 6.08. The second kappa shape index (κ2) is 4.77. The lowest BCUT2D eigenvalue weighted by Crippen LogP contribution is -2.37. The Balaban J connectivity index is 2.77. The third-order valence-electron chi connectivity index (χ3n) is 2.02. The third-order valence-corrected chi connectivity index (χ3v) is 2.02. The highest BCUT2D eigenvalue weighted by Gasteiger charge is 2.22. The molecule has 0 saturated carbocycles. The minimum Gasteiger partial charge on any atom is -0.504 e. The average molecular weight is 209 g/mol. The van der Waals surface area contributed by atoms with Gasteiger partial charge in [0.1, 0.15) is 5.70 Å². The lowest BCUT2D eigenvalue weighted by Gasteiger charge is -2.22. The Hall–Kier alpha value is -1.59. The smallest absolute Gasteiger partial charge is 0.244 e. The fraction of sp³-hybridized carbons (Fsp3) is 0.300. The van der Waals surface area contributed by atoms with Crippen LogP contribution in [0, 0.1) is 0 Å². The van der Waals surface area contributed by atoms with E-state index in [9.17, 15) is 9.90 Å².